The number of carbonyl (C=O) groups is 3. The molecule has 3 amide bonds. The molecule has 0 aromatic rings. The maximum Gasteiger partial charge on any atom is 0.408 e. The van der Waals surface area contributed by atoms with Crippen molar-refractivity contribution < 1.29 is 27.5 Å². The van der Waals surface area contributed by atoms with Gasteiger partial charge in [-0.15, -0.1) is 0 Å². The third kappa shape index (κ3) is 13.9. The lowest BCUT2D eigenvalue weighted by Gasteiger charge is -2.26. The standard InChI is InChI=1S/C23H43N3O6S/c1-10-12-33(30,31)13-11-18(14-15(2)3)25-20(27)17(6)24-21(28)19(16(4)5)26-22(29)32-23(7,8)9/h11,13,15-19H,10,12,14H2,1-9H3,(H,24,28)(H,25,27)(H,26,29)/b13-11+/t17-,18+,19-/m0/s1. The molecule has 3 N–H and O–H groups in total. The third-order valence-corrected chi connectivity index (χ3v) is 5.98. The summed E-state index contributed by atoms with van der Waals surface area (Å²) in [4.78, 5) is 37.5. The Morgan fingerprint density at radius 3 is 1.97 bits per heavy atom. The van der Waals surface area contributed by atoms with E-state index in [0.717, 1.165) is 5.41 Å². The van der Waals surface area contributed by atoms with Crippen LogP contribution in [0.2, 0.25) is 0 Å². The molecule has 0 aliphatic carbocycles. The van der Waals surface area contributed by atoms with E-state index >= 15 is 0 Å². The Balaban J connectivity index is 5.22. The van der Waals surface area contributed by atoms with Crippen molar-refractivity contribution in [2.24, 2.45) is 11.8 Å². The Kier molecular flexibility index (Phi) is 12.7. The molecule has 3 atom stereocenters. The molecule has 0 radical (unpaired) electrons. The molecule has 0 unspecified atom stereocenters. The molecular formula is C23H43N3O6S. The monoisotopic (exact) mass is 489 g/mol. The number of alkyl carbamates (subject to hydrolysis) is 1. The van der Waals surface area contributed by atoms with Crippen molar-refractivity contribution in [3.05, 3.63) is 11.5 Å². The molecule has 0 aromatic heterocycles. The van der Waals surface area contributed by atoms with Crippen LogP contribution in [-0.4, -0.2) is 55.8 Å². The zero-order valence-corrected chi connectivity index (χ0v) is 22.3. The summed E-state index contributed by atoms with van der Waals surface area (Å²) in [5.74, 6) is -0.957. The maximum atomic E-state index is 12.7. The van der Waals surface area contributed by atoms with Gasteiger partial charge in [0.15, 0.2) is 9.84 Å². The smallest absolute Gasteiger partial charge is 0.408 e. The fraction of sp³-hybridized carbons (Fsp3) is 0.783. The summed E-state index contributed by atoms with van der Waals surface area (Å²) in [6, 6.07) is -2.28. The van der Waals surface area contributed by atoms with Crippen molar-refractivity contribution in [3.63, 3.8) is 0 Å². The first-order chi connectivity index (χ1) is 15.0. The Morgan fingerprint density at radius 1 is 0.939 bits per heavy atom. The maximum absolute atomic E-state index is 12.7. The van der Waals surface area contributed by atoms with Crippen LogP contribution in [-0.2, 0) is 24.2 Å². The van der Waals surface area contributed by atoms with Crippen LogP contribution in [0.15, 0.2) is 11.5 Å². The summed E-state index contributed by atoms with van der Waals surface area (Å²) < 4.78 is 29.2. The van der Waals surface area contributed by atoms with Gasteiger partial charge < -0.3 is 20.7 Å². The average molecular weight is 490 g/mol. The molecule has 0 rings (SSSR count). The predicted molar refractivity (Wildman–Crippen MR) is 130 cm³/mol. The van der Waals surface area contributed by atoms with Crippen LogP contribution in [0.3, 0.4) is 0 Å². The Hall–Kier alpha value is -2.10. The van der Waals surface area contributed by atoms with Crippen molar-refractivity contribution in [2.45, 2.75) is 98.9 Å². The number of rotatable bonds is 12. The molecule has 0 aromatic carbocycles. The SMILES string of the molecule is CCCS(=O)(=O)/C=C/[C@H](CC(C)C)NC(=O)[C@H](C)NC(=O)[C@@H](NC(=O)OC(C)(C)C)C(C)C. The lowest BCUT2D eigenvalue weighted by atomic mass is 10.0. The molecule has 0 saturated carbocycles. The normalized spacial score (nSPS) is 15.2. The molecule has 192 valence electrons. The van der Waals surface area contributed by atoms with Crippen LogP contribution in [0.5, 0.6) is 0 Å². The van der Waals surface area contributed by atoms with Crippen molar-refractivity contribution in [2.75, 3.05) is 5.75 Å². The molecule has 9 nitrogen and oxygen atoms in total. The van der Waals surface area contributed by atoms with E-state index < -0.39 is 51.5 Å². The van der Waals surface area contributed by atoms with Crippen LogP contribution >= 0.6 is 0 Å². The minimum absolute atomic E-state index is 0.0412. The molecule has 0 spiro atoms. The quantitative estimate of drug-likeness (QED) is 0.386. The number of ether oxygens (including phenoxy) is 1. The fourth-order valence-corrected chi connectivity index (χ4v) is 4.04. The van der Waals surface area contributed by atoms with Gasteiger partial charge in [0.1, 0.15) is 17.7 Å². The van der Waals surface area contributed by atoms with E-state index in [1.807, 2.05) is 13.8 Å². The zero-order valence-electron chi connectivity index (χ0n) is 21.5. The van der Waals surface area contributed by atoms with Gasteiger partial charge in [0.2, 0.25) is 11.8 Å². The van der Waals surface area contributed by atoms with E-state index in [0.29, 0.717) is 12.8 Å². The Labute approximate surface area is 199 Å². The number of amides is 3. The van der Waals surface area contributed by atoms with Crippen LogP contribution < -0.4 is 16.0 Å². The first kappa shape index (κ1) is 30.9. The molecule has 0 aliphatic heterocycles. The van der Waals surface area contributed by atoms with Gasteiger partial charge in [0, 0.05) is 11.4 Å². The van der Waals surface area contributed by atoms with Crippen LogP contribution in [0.25, 0.3) is 0 Å². The number of hydrogen-bond acceptors (Lipinski definition) is 6. The predicted octanol–water partition coefficient (Wildman–Crippen LogP) is 2.91. The zero-order chi connectivity index (χ0) is 26.0. The van der Waals surface area contributed by atoms with E-state index in [2.05, 4.69) is 16.0 Å². The fourth-order valence-electron chi connectivity index (χ4n) is 2.91. The lowest BCUT2D eigenvalue weighted by Crippen LogP contribution is -2.55. The van der Waals surface area contributed by atoms with Crippen molar-refractivity contribution in [1.29, 1.82) is 0 Å². The van der Waals surface area contributed by atoms with E-state index in [9.17, 15) is 22.8 Å². The summed E-state index contributed by atoms with van der Waals surface area (Å²) >= 11 is 0. The lowest BCUT2D eigenvalue weighted by molar-refractivity contribution is -0.130. The van der Waals surface area contributed by atoms with E-state index in [1.165, 1.54) is 13.0 Å². The number of carbonyl (C=O) groups excluding carboxylic acids is 3. The van der Waals surface area contributed by atoms with Crippen LogP contribution in [0.1, 0.15) is 75.2 Å². The highest BCUT2D eigenvalue weighted by Crippen LogP contribution is 2.10. The highest BCUT2D eigenvalue weighted by Gasteiger charge is 2.29. The summed E-state index contributed by atoms with van der Waals surface area (Å²) in [6.45, 7) is 16.0. The first-order valence-corrected chi connectivity index (χ1v) is 13.2. The van der Waals surface area contributed by atoms with Crippen molar-refractivity contribution in [1.82, 2.24) is 16.0 Å². The van der Waals surface area contributed by atoms with Crippen LogP contribution in [0.4, 0.5) is 4.79 Å². The number of nitrogens with one attached hydrogen (secondary N) is 3. The first-order valence-electron chi connectivity index (χ1n) is 11.5. The van der Waals surface area contributed by atoms with Gasteiger partial charge in [-0.3, -0.25) is 9.59 Å². The summed E-state index contributed by atoms with van der Waals surface area (Å²) in [5.41, 5.74) is -0.710. The largest absolute Gasteiger partial charge is 0.444 e. The third-order valence-electron chi connectivity index (χ3n) is 4.43. The highest BCUT2D eigenvalue weighted by molar-refractivity contribution is 7.94. The van der Waals surface area contributed by atoms with Gasteiger partial charge in [-0.2, -0.15) is 0 Å². The van der Waals surface area contributed by atoms with Gasteiger partial charge in [-0.1, -0.05) is 40.7 Å². The minimum Gasteiger partial charge on any atom is -0.444 e. The van der Waals surface area contributed by atoms with Gasteiger partial charge in [-0.05, 0) is 52.4 Å². The van der Waals surface area contributed by atoms with Crippen LogP contribution in [0, 0.1) is 11.8 Å². The second kappa shape index (κ2) is 13.6. The second-order valence-corrected chi connectivity index (χ2v) is 12.0. The molecule has 0 bridgehead atoms. The summed E-state index contributed by atoms with van der Waals surface area (Å²) in [5, 5.41) is 9.10. The topological polar surface area (TPSA) is 131 Å². The summed E-state index contributed by atoms with van der Waals surface area (Å²) in [7, 11) is -3.34. The molecule has 0 heterocycles. The molecule has 10 heteroatoms. The van der Waals surface area contributed by atoms with Gasteiger partial charge in [-0.25, -0.2) is 13.2 Å². The van der Waals surface area contributed by atoms with E-state index in [-0.39, 0.29) is 17.6 Å². The molecule has 0 fully saturated rings. The molecular weight excluding hydrogens is 446 g/mol. The number of hydrogen-bond donors (Lipinski definition) is 3. The highest BCUT2D eigenvalue weighted by atomic mass is 32.2. The minimum atomic E-state index is -3.34. The number of sulfone groups is 1. The second-order valence-electron chi connectivity index (χ2n) is 10.0. The van der Waals surface area contributed by atoms with Gasteiger partial charge >= 0.3 is 6.09 Å². The Morgan fingerprint density at radius 2 is 1.52 bits per heavy atom. The average Bonchev–Trinajstić information content (AvgIpc) is 2.61. The van der Waals surface area contributed by atoms with E-state index in [1.54, 1.807) is 41.5 Å². The van der Waals surface area contributed by atoms with Gasteiger partial charge in [0.05, 0.1) is 5.75 Å². The Bertz CT molecular complexity index is 785. The molecule has 0 aliphatic rings. The molecule has 0 saturated heterocycles. The van der Waals surface area contributed by atoms with Crippen molar-refractivity contribution in [3.8, 4) is 0 Å². The molecule has 33 heavy (non-hydrogen) atoms. The van der Waals surface area contributed by atoms with Crippen molar-refractivity contribution >= 4 is 27.7 Å². The van der Waals surface area contributed by atoms with Gasteiger partial charge in [0.25, 0.3) is 0 Å². The van der Waals surface area contributed by atoms with E-state index in [4.69, 9.17) is 4.74 Å². The summed E-state index contributed by atoms with van der Waals surface area (Å²) in [6.07, 6.45) is 1.81.